The predicted molar refractivity (Wildman–Crippen MR) is 65.5 cm³/mol. The Labute approximate surface area is 103 Å². The van der Waals surface area contributed by atoms with Crippen molar-refractivity contribution in [1.29, 1.82) is 0 Å². The van der Waals surface area contributed by atoms with E-state index in [4.69, 9.17) is 15.6 Å². The lowest BCUT2D eigenvalue weighted by atomic mass is 9.91. The number of aliphatic hydroxyl groups excluding tert-OH is 1. The van der Waals surface area contributed by atoms with Gasteiger partial charge in [-0.1, -0.05) is 13.8 Å². The second-order valence-electron chi connectivity index (χ2n) is 4.81. The number of carbonyl (C=O) groups excluding carboxylic acids is 1. The molecule has 2 unspecified atom stereocenters. The molecule has 5 heteroatoms. The van der Waals surface area contributed by atoms with E-state index in [9.17, 15) is 4.79 Å². The summed E-state index contributed by atoms with van der Waals surface area (Å²) in [6, 6.07) is 0.0197. The molecule has 17 heavy (non-hydrogen) atoms. The minimum Gasteiger partial charge on any atom is -0.394 e. The third kappa shape index (κ3) is 2.97. The van der Waals surface area contributed by atoms with E-state index in [0.29, 0.717) is 26.0 Å². The fourth-order valence-electron chi connectivity index (χ4n) is 2.05. The monoisotopic (exact) mass is 244 g/mol. The summed E-state index contributed by atoms with van der Waals surface area (Å²) in [5.41, 5.74) is 5.34. The highest BCUT2D eigenvalue weighted by molar-refractivity contribution is 5.86. The Morgan fingerprint density at radius 2 is 2.12 bits per heavy atom. The van der Waals surface area contributed by atoms with Gasteiger partial charge in [-0.3, -0.25) is 4.79 Å². The van der Waals surface area contributed by atoms with Gasteiger partial charge in [0.1, 0.15) is 0 Å². The normalized spacial score (nSPS) is 26.1. The molecule has 0 saturated carbocycles. The molecule has 3 N–H and O–H groups in total. The van der Waals surface area contributed by atoms with Crippen LogP contribution in [0.15, 0.2) is 0 Å². The first-order valence-corrected chi connectivity index (χ1v) is 6.30. The summed E-state index contributed by atoms with van der Waals surface area (Å²) in [5.74, 6) is -0.0308. The zero-order chi connectivity index (χ0) is 13.1. The van der Waals surface area contributed by atoms with Crippen molar-refractivity contribution >= 4 is 5.91 Å². The number of carbonyl (C=O) groups is 1. The first kappa shape index (κ1) is 14.4. The van der Waals surface area contributed by atoms with E-state index in [-0.39, 0.29) is 24.7 Å². The van der Waals surface area contributed by atoms with E-state index in [1.807, 2.05) is 20.8 Å². The van der Waals surface area contributed by atoms with Gasteiger partial charge in [-0.05, 0) is 19.8 Å². The van der Waals surface area contributed by atoms with Gasteiger partial charge in [0, 0.05) is 6.54 Å². The van der Waals surface area contributed by atoms with Gasteiger partial charge in [-0.25, -0.2) is 0 Å². The molecule has 0 bridgehead atoms. The molecule has 0 aromatic carbocycles. The lowest BCUT2D eigenvalue weighted by molar-refractivity contribution is -0.152. The van der Waals surface area contributed by atoms with Crippen molar-refractivity contribution in [3.05, 3.63) is 0 Å². The molecule has 0 aliphatic carbocycles. The average Bonchev–Trinajstić information content (AvgIpc) is 2.37. The van der Waals surface area contributed by atoms with E-state index in [2.05, 4.69) is 0 Å². The lowest BCUT2D eigenvalue weighted by Crippen LogP contribution is -2.61. The maximum atomic E-state index is 12.4. The molecule has 5 nitrogen and oxygen atoms in total. The molecular weight excluding hydrogens is 220 g/mol. The summed E-state index contributed by atoms with van der Waals surface area (Å²) in [4.78, 5) is 14.2. The zero-order valence-electron chi connectivity index (χ0n) is 11.0. The Kier molecular flexibility index (Phi) is 4.91. The van der Waals surface area contributed by atoms with Crippen molar-refractivity contribution in [3.63, 3.8) is 0 Å². The van der Waals surface area contributed by atoms with Crippen molar-refractivity contribution in [2.45, 2.75) is 51.3 Å². The van der Waals surface area contributed by atoms with E-state index in [1.54, 1.807) is 4.90 Å². The van der Waals surface area contributed by atoms with Crippen LogP contribution in [-0.2, 0) is 9.53 Å². The zero-order valence-corrected chi connectivity index (χ0v) is 11.0. The number of hydrogen-bond acceptors (Lipinski definition) is 4. The van der Waals surface area contributed by atoms with Crippen LogP contribution in [0.3, 0.4) is 0 Å². The Balaban J connectivity index is 2.78. The number of ether oxygens (including phenoxy) is 1. The van der Waals surface area contributed by atoms with Gasteiger partial charge < -0.3 is 20.5 Å². The fourth-order valence-corrected chi connectivity index (χ4v) is 2.05. The summed E-state index contributed by atoms with van der Waals surface area (Å²) in [7, 11) is 0. The van der Waals surface area contributed by atoms with E-state index < -0.39 is 5.54 Å². The van der Waals surface area contributed by atoms with Crippen molar-refractivity contribution in [1.82, 2.24) is 4.90 Å². The summed E-state index contributed by atoms with van der Waals surface area (Å²) >= 11 is 0. The average molecular weight is 244 g/mol. The second-order valence-corrected chi connectivity index (χ2v) is 4.81. The van der Waals surface area contributed by atoms with Crippen LogP contribution in [0, 0.1) is 0 Å². The largest absolute Gasteiger partial charge is 0.394 e. The molecular formula is C12H24N2O3. The van der Waals surface area contributed by atoms with Crippen molar-refractivity contribution in [2.75, 3.05) is 19.8 Å². The first-order valence-electron chi connectivity index (χ1n) is 6.30. The standard InChI is InChI=1S/C12H24N2O3/c1-4-12(13,5-2)11(16)14-6-10(7-15)17-8-9(14)3/h9-10,15H,4-8,13H2,1-3H3. The Morgan fingerprint density at radius 3 is 2.59 bits per heavy atom. The smallest absolute Gasteiger partial charge is 0.243 e. The van der Waals surface area contributed by atoms with Crippen LogP contribution in [0.1, 0.15) is 33.6 Å². The summed E-state index contributed by atoms with van der Waals surface area (Å²) in [6.07, 6.45) is 0.958. The van der Waals surface area contributed by atoms with Gasteiger partial charge >= 0.3 is 0 Å². The summed E-state index contributed by atoms with van der Waals surface area (Å²) < 4.78 is 5.42. The maximum absolute atomic E-state index is 12.4. The van der Waals surface area contributed by atoms with Crippen LogP contribution in [0.4, 0.5) is 0 Å². The SMILES string of the molecule is CCC(N)(CC)C(=O)N1CC(CO)OCC1C. The molecule has 1 rings (SSSR count). The third-order valence-corrected chi connectivity index (χ3v) is 3.66. The highest BCUT2D eigenvalue weighted by atomic mass is 16.5. The number of aliphatic hydroxyl groups is 1. The van der Waals surface area contributed by atoms with Crippen LogP contribution in [0.2, 0.25) is 0 Å². The number of nitrogens with two attached hydrogens (primary N) is 1. The minimum absolute atomic E-state index is 0.0197. The van der Waals surface area contributed by atoms with Gasteiger partial charge in [0.15, 0.2) is 0 Å². The van der Waals surface area contributed by atoms with Crippen LogP contribution < -0.4 is 5.73 Å². The van der Waals surface area contributed by atoms with Crippen molar-refractivity contribution < 1.29 is 14.6 Å². The summed E-state index contributed by atoms with van der Waals surface area (Å²) in [5, 5.41) is 9.10. The van der Waals surface area contributed by atoms with Crippen LogP contribution >= 0.6 is 0 Å². The fraction of sp³-hybridized carbons (Fsp3) is 0.917. The molecule has 100 valence electrons. The van der Waals surface area contributed by atoms with Crippen molar-refractivity contribution in [2.24, 2.45) is 5.73 Å². The maximum Gasteiger partial charge on any atom is 0.243 e. The van der Waals surface area contributed by atoms with Crippen molar-refractivity contribution in [3.8, 4) is 0 Å². The quantitative estimate of drug-likeness (QED) is 0.736. The Bertz CT molecular complexity index is 266. The minimum atomic E-state index is -0.786. The molecule has 0 aromatic heterocycles. The third-order valence-electron chi connectivity index (χ3n) is 3.66. The van der Waals surface area contributed by atoms with Gasteiger partial charge in [-0.15, -0.1) is 0 Å². The predicted octanol–water partition coefficient (Wildman–Crippen LogP) is 0.112. The van der Waals surface area contributed by atoms with Gasteiger partial charge in [-0.2, -0.15) is 0 Å². The molecule has 1 saturated heterocycles. The molecule has 0 spiro atoms. The molecule has 1 heterocycles. The van der Waals surface area contributed by atoms with Gasteiger partial charge in [0.05, 0.1) is 30.9 Å². The van der Waals surface area contributed by atoms with E-state index in [0.717, 1.165) is 0 Å². The molecule has 1 aliphatic heterocycles. The molecule has 1 fully saturated rings. The van der Waals surface area contributed by atoms with Crippen LogP contribution in [-0.4, -0.2) is 53.4 Å². The highest BCUT2D eigenvalue weighted by Crippen LogP contribution is 2.20. The second kappa shape index (κ2) is 5.80. The Morgan fingerprint density at radius 1 is 1.53 bits per heavy atom. The molecule has 0 radical (unpaired) electrons. The number of morpholine rings is 1. The van der Waals surface area contributed by atoms with E-state index >= 15 is 0 Å². The highest BCUT2D eigenvalue weighted by Gasteiger charge is 2.38. The van der Waals surface area contributed by atoms with Gasteiger partial charge in [0.2, 0.25) is 5.91 Å². The van der Waals surface area contributed by atoms with Gasteiger partial charge in [0.25, 0.3) is 0 Å². The Hall–Kier alpha value is -0.650. The van der Waals surface area contributed by atoms with Crippen LogP contribution in [0.5, 0.6) is 0 Å². The number of nitrogens with zero attached hydrogens (tertiary/aromatic N) is 1. The number of hydrogen-bond donors (Lipinski definition) is 2. The topological polar surface area (TPSA) is 75.8 Å². The molecule has 2 atom stereocenters. The molecule has 0 aromatic rings. The van der Waals surface area contributed by atoms with E-state index in [1.165, 1.54) is 0 Å². The summed E-state index contributed by atoms with van der Waals surface area (Å²) in [6.45, 7) is 6.62. The molecule has 1 amide bonds. The number of rotatable bonds is 4. The molecule has 1 aliphatic rings. The van der Waals surface area contributed by atoms with Crippen LogP contribution in [0.25, 0.3) is 0 Å². The first-order chi connectivity index (χ1) is 7.98. The number of amides is 1. The lowest BCUT2D eigenvalue weighted by Gasteiger charge is -2.41.